The molecule has 2 N–H and O–H groups in total. The quantitative estimate of drug-likeness (QED) is 0.403. The van der Waals surface area contributed by atoms with Crippen LogP contribution < -0.4 is 10.6 Å². The molecule has 0 spiro atoms. The fourth-order valence-electron chi connectivity index (χ4n) is 2.19. The molecular weight excluding hydrogens is 359 g/mol. The van der Waals surface area contributed by atoms with E-state index >= 15 is 0 Å². The third kappa shape index (κ3) is 4.36. The van der Waals surface area contributed by atoms with E-state index in [1.165, 1.54) is 29.2 Å². The number of thiocarbonyl (C=S) groups is 1. The van der Waals surface area contributed by atoms with Crippen molar-refractivity contribution in [2.75, 3.05) is 10.6 Å². The molecule has 3 aromatic rings. The number of nitrogens with one attached hydrogen (secondary N) is 2. The molecule has 0 fully saturated rings. The summed E-state index contributed by atoms with van der Waals surface area (Å²) in [5.74, 6) is -0.0929. The first kappa shape index (κ1) is 17.4. The molecule has 0 amide bonds. The number of non-ortho nitro benzene ring substituents is 1. The molecule has 8 nitrogen and oxygen atoms in total. The van der Waals surface area contributed by atoms with Crippen LogP contribution in [0.3, 0.4) is 0 Å². The molecule has 3 rings (SSSR count). The molecule has 1 heterocycles. The highest BCUT2D eigenvalue weighted by Gasteiger charge is 2.09. The molecule has 0 aliphatic rings. The molecule has 10 heteroatoms. The maximum atomic E-state index is 13.7. The number of anilines is 2. The van der Waals surface area contributed by atoms with Crippen LogP contribution in [0.4, 0.5) is 21.7 Å². The van der Waals surface area contributed by atoms with Gasteiger partial charge < -0.3 is 5.32 Å². The number of hydrogen-bond acceptors (Lipinski definition) is 5. The highest BCUT2D eigenvalue weighted by atomic mass is 32.1. The van der Waals surface area contributed by atoms with Crippen LogP contribution in [0.15, 0.2) is 54.9 Å². The summed E-state index contributed by atoms with van der Waals surface area (Å²) in [6.45, 7) is 0.229. The number of hydrogen-bond donors (Lipinski definition) is 2. The van der Waals surface area contributed by atoms with E-state index < -0.39 is 4.92 Å². The second-order valence-electron chi connectivity index (χ2n) is 5.24. The van der Waals surface area contributed by atoms with Crippen LogP contribution in [0.25, 0.3) is 0 Å². The zero-order valence-corrected chi connectivity index (χ0v) is 14.1. The van der Waals surface area contributed by atoms with Gasteiger partial charge in [0.25, 0.3) is 5.69 Å². The van der Waals surface area contributed by atoms with Gasteiger partial charge in [-0.25, -0.2) is 14.1 Å². The average Bonchev–Trinajstić information content (AvgIpc) is 3.04. The maximum absolute atomic E-state index is 13.7. The first-order valence-corrected chi connectivity index (χ1v) is 7.87. The third-order valence-electron chi connectivity index (χ3n) is 3.37. The van der Waals surface area contributed by atoms with Gasteiger partial charge in [-0.2, -0.15) is 0 Å². The maximum Gasteiger partial charge on any atom is 0.271 e. The summed E-state index contributed by atoms with van der Waals surface area (Å²) in [6, 6.07) is 12.3. The van der Waals surface area contributed by atoms with Gasteiger partial charge in [-0.15, -0.1) is 5.10 Å². The van der Waals surface area contributed by atoms with Crippen LogP contribution in [0.2, 0.25) is 0 Å². The number of nitro groups is 1. The van der Waals surface area contributed by atoms with Crippen LogP contribution >= 0.6 is 12.2 Å². The van der Waals surface area contributed by atoms with Crippen molar-refractivity contribution in [2.45, 2.75) is 6.54 Å². The van der Waals surface area contributed by atoms with E-state index in [0.717, 1.165) is 0 Å². The van der Waals surface area contributed by atoms with E-state index in [4.69, 9.17) is 12.2 Å². The Morgan fingerprint density at radius 3 is 2.81 bits per heavy atom. The predicted octanol–water partition coefficient (Wildman–Crippen LogP) is 3.18. The predicted molar refractivity (Wildman–Crippen MR) is 98.5 cm³/mol. The lowest BCUT2D eigenvalue weighted by Crippen LogP contribution is -2.20. The smallest absolute Gasteiger partial charge is 0.271 e. The van der Waals surface area contributed by atoms with E-state index in [1.807, 2.05) is 0 Å². The van der Waals surface area contributed by atoms with Gasteiger partial charge in [-0.05, 0) is 24.4 Å². The summed E-state index contributed by atoms with van der Waals surface area (Å²) in [4.78, 5) is 14.3. The Bertz CT molecular complexity index is 961. The largest absolute Gasteiger partial charge is 0.332 e. The second kappa shape index (κ2) is 7.66. The van der Waals surface area contributed by atoms with Crippen molar-refractivity contribution in [3.05, 3.63) is 76.4 Å². The van der Waals surface area contributed by atoms with Gasteiger partial charge in [-0.3, -0.25) is 15.4 Å². The van der Waals surface area contributed by atoms with Crippen molar-refractivity contribution in [1.82, 2.24) is 14.8 Å². The Morgan fingerprint density at radius 1 is 1.23 bits per heavy atom. The molecular formula is C16H13FN6O2S. The van der Waals surface area contributed by atoms with E-state index in [1.54, 1.807) is 30.3 Å². The van der Waals surface area contributed by atoms with E-state index in [-0.39, 0.29) is 29.1 Å². The topological polar surface area (TPSA) is 97.9 Å². The SMILES string of the molecule is O=[N+]([O-])c1cccc(NC(=S)Nc2ncn(Cc3ccccc3F)n2)c1. The molecule has 1 aromatic heterocycles. The molecule has 0 radical (unpaired) electrons. The molecule has 0 saturated carbocycles. The average molecular weight is 372 g/mol. The Hall–Kier alpha value is -3.40. The van der Waals surface area contributed by atoms with E-state index in [2.05, 4.69) is 20.7 Å². The number of aromatic nitrogens is 3. The summed E-state index contributed by atoms with van der Waals surface area (Å²) < 4.78 is 15.1. The van der Waals surface area contributed by atoms with Crippen molar-refractivity contribution in [3.8, 4) is 0 Å². The van der Waals surface area contributed by atoms with Crippen LogP contribution in [-0.2, 0) is 6.54 Å². The monoisotopic (exact) mass is 372 g/mol. The van der Waals surface area contributed by atoms with Gasteiger partial charge >= 0.3 is 0 Å². The van der Waals surface area contributed by atoms with Crippen molar-refractivity contribution >= 4 is 34.7 Å². The number of nitrogens with zero attached hydrogens (tertiary/aromatic N) is 4. The molecule has 2 aromatic carbocycles. The normalized spacial score (nSPS) is 10.3. The Balaban J connectivity index is 1.62. The summed E-state index contributed by atoms with van der Waals surface area (Å²) >= 11 is 5.15. The van der Waals surface area contributed by atoms with Gasteiger partial charge in [0.2, 0.25) is 5.95 Å². The summed E-state index contributed by atoms with van der Waals surface area (Å²) in [5.41, 5.74) is 0.897. The van der Waals surface area contributed by atoms with Crippen LogP contribution in [0.5, 0.6) is 0 Å². The minimum absolute atomic E-state index is 0.0508. The molecule has 0 atom stereocenters. The molecule has 0 unspecified atom stereocenters. The Morgan fingerprint density at radius 2 is 2.04 bits per heavy atom. The summed E-state index contributed by atoms with van der Waals surface area (Å²) in [6.07, 6.45) is 1.45. The summed E-state index contributed by atoms with van der Waals surface area (Å²) in [7, 11) is 0. The van der Waals surface area contributed by atoms with Crippen molar-refractivity contribution in [1.29, 1.82) is 0 Å². The zero-order valence-electron chi connectivity index (χ0n) is 13.3. The lowest BCUT2D eigenvalue weighted by atomic mass is 10.2. The molecule has 0 bridgehead atoms. The van der Waals surface area contributed by atoms with Crippen LogP contribution in [0.1, 0.15) is 5.56 Å². The minimum Gasteiger partial charge on any atom is -0.332 e. The molecule has 0 aliphatic heterocycles. The third-order valence-corrected chi connectivity index (χ3v) is 3.57. The lowest BCUT2D eigenvalue weighted by molar-refractivity contribution is -0.384. The van der Waals surface area contributed by atoms with Crippen molar-refractivity contribution in [2.24, 2.45) is 0 Å². The highest BCUT2D eigenvalue weighted by molar-refractivity contribution is 7.80. The number of halogens is 1. The standard InChI is InChI=1S/C16H13FN6O2S/c17-14-7-2-1-4-11(14)9-22-10-18-15(21-22)20-16(26)19-12-5-3-6-13(8-12)23(24)25/h1-8,10H,9H2,(H2,19,20,21,26). The highest BCUT2D eigenvalue weighted by Crippen LogP contribution is 2.17. The fourth-order valence-corrected chi connectivity index (χ4v) is 2.40. The first-order valence-electron chi connectivity index (χ1n) is 7.46. The molecule has 26 heavy (non-hydrogen) atoms. The Labute approximate surface area is 152 Å². The minimum atomic E-state index is -0.492. The van der Waals surface area contributed by atoms with Gasteiger partial charge in [-0.1, -0.05) is 24.3 Å². The fraction of sp³-hybridized carbons (Fsp3) is 0.0625. The zero-order chi connectivity index (χ0) is 18.5. The second-order valence-corrected chi connectivity index (χ2v) is 5.65. The number of nitro benzene ring substituents is 1. The van der Waals surface area contributed by atoms with E-state index in [9.17, 15) is 14.5 Å². The Kier molecular flexibility index (Phi) is 5.13. The molecule has 0 saturated heterocycles. The number of benzene rings is 2. The van der Waals surface area contributed by atoms with Crippen molar-refractivity contribution in [3.63, 3.8) is 0 Å². The van der Waals surface area contributed by atoms with Gasteiger partial charge in [0, 0.05) is 23.4 Å². The van der Waals surface area contributed by atoms with E-state index in [0.29, 0.717) is 11.3 Å². The number of rotatable bonds is 5. The van der Waals surface area contributed by atoms with Crippen LogP contribution in [-0.4, -0.2) is 24.8 Å². The van der Waals surface area contributed by atoms with Crippen molar-refractivity contribution < 1.29 is 9.31 Å². The van der Waals surface area contributed by atoms with Gasteiger partial charge in [0.15, 0.2) is 5.11 Å². The lowest BCUT2D eigenvalue weighted by Gasteiger charge is -2.07. The van der Waals surface area contributed by atoms with Gasteiger partial charge in [0.1, 0.15) is 12.1 Å². The molecule has 132 valence electrons. The van der Waals surface area contributed by atoms with Gasteiger partial charge in [0.05, 0.1) is 11.5 Å². The molecule has 0 aliphatic carbocycles. The first-order chi connectivity index (χ1) is 12.5. The van der Waals surface area contributed by atoms with Crippen LogP contribution in [0, 0.1) is 15.9 Å². The summed E-state index contributed by atoms with van der Waals surface area (Å²) in [5, 5.41) is 20.7.